The summed E-state index contributed by atoms with van der Waals surface area (Å²) in [7, 11) is 18.2. The molecule has 8 nitrogen and oxygen atoms in total. The van der Waals surface area contributed by atoms with Crippen molar-refractivity contribution in [3.05, 3.63) is 46.4 Å². The summed E-state index contributed by atoms with van der Waals surface area (Å²) in [6, 6.07) is 7.09. The van der Waals surface area contributed by atoms with Crippen LogP contribution in [0.4, 0.5) is 17.2 Å². The number of para-hydroxylation sites is 1. The van der Waals surface area contributed by atoms with Gasteiger partial charge in [0, 0.05) is 29.1 Å². The number of carbonyl (C=O) groups is 2. The number of methoxy groups -OCH3 is 1. The largest absolute Gasteiger partial charge is 0.494 e. The van der Waals surface area contributed by atoms with Crippen LogP contribution in [0.15, 0.2) is 35.8 Å². The zero-order valence-electron chi connectivity index (χ0n) is 18.7. The molecule has 4 rings (SSSR count). The molecule has 2 aromatic heterocycles. The van der Waals surface area contributed by atoms with Crippen LogP contribution in [0.3, 0.4) is 0 Å². The van der Waals surface area contributed by atoms with Gasteiger partial charge in [-0.1, -0.05) is 11.3 Å². The van der Waals surface area contributed by atoms with Crippen molar-refractivity contribution in [1.82, 2.24) is 15.3 Å². The standard InChI is InChI=1S/C22H20B3N5O3S/c1-11-27-17(10-34-11)13-4-3-5-15(19(13)33-2)28-16-8-18(29-20(31)12-6-7-12)26-9-14(16)21(32)30-22(23,24)25/h3-5,8-10,12H,6-7H2,1-2H3,(H,30,32)(H2,26,28,29,31). The van der Waals surface area contributed by atoms with Crippen molar-refractivity contribution in [2.45, 2.75) is 25.0 Å². The summed E-state index contributed by atoms with van der Waals surface area (Å²) in [5.74, 6) is 0.0600. The fourth-order valence-electron chi connectivity index (χ4n) is 3.34. The topological polar surface area (TPSA) is 105 Å². The molecular weight excluding hydrogens is 447 g/mol. The Balaban J connectivity index is 1.72. The molecule has 1 fully saturated rings. The molecule has 1 saturated carbocycles. The van der Waals surface area contributed by atoms with Crippen LogP contribution < -0.4 is 20.7 Å². The van der Waals surface area contributed by atoms with Crippen molar-refractivity contribution in [2.75, 3.05) is 17.7 Å². The normalized spacial score (nSPS) is 13.2. The summed E-state index contributed by atoms with van der Waals surface area (Å²) >= 11 is 1.53. The Morgan fingerprint density at radius 3 is 2.59 bits per heavy atom. The van der Waals surface area contributed by atoms with E-state index in [1.165, 1.54) is 17.5 Å². The third-order valence-electron chi connectivity index (χ3n) is 5.06. The summed E-state index contributed by atoms with van der Waals surface area (Å²) in [5.41, 5.74) is 2.58. The molecule has 2 amide bonds. The second kappa shape index (κ2) is 9.54. The van der Waals surface area contributed by atoms with Crippen LogP contribution in [0, 0.1) is 12.8 Å². The lowest BCUT2D eigenvalue weighted by molar-refractivity contribution is -0.117. The number of benzene rings is 1. The van der Waals surface area contributed by atoms with Crippen LogP contribution in [0.1, 0.15) is 28.2 Å². The summed E-state index contributed by atoms with van der Waals surface area (Å²) in [4.78, 5) is 33.8. The zero-order chi connectivity index (χ0) is 24.5. The van der Waals surface area contributed by atoms with Crippen molar-refractivity contribution in [2.24, 2.45) is 5.92 Å². The van der Waals surface area contributed by atoms with Gasteiger partial charge in [0.05, 0.1) is 58.3 Å². The lowest BCUT2D eigenvalue weighted by atomic mass is 9.49. The lowest BCUT2D eigenvalue weighted by Gasteiger charge is -2.23. The van der Waals surface area contributed by atoms with Gasteiger partial charge in [0.25, 0.3) is 5.91 Å². The van der Waals surface area contributed by atoms with Crippen molar-refractivity contribution in [3.8, 4) is 17.0 Å². The Bertz CT molecular complexity index is 1240. The second-order valence-electron chi connectivity index (χ2n) is 8.03. The molecule has 0 atom stereocenters. The first-order valence-corrected chi connectivity index (χ1v) is 11.4. The third kappa shape index (κ3) is 5.62. The van der Waals surface area contributed by atoms with Crippen LogP contribution in [0.25, 0.3) is 11.3 Å². The quantitative estimate of drug-likeness (QED) is 0.440. The van der Waals surface area contributed by atoms with E-state index in [0.717, 1.165) is 29.1 Å². The number of anilines is 3. The molecule has 0 unspecified atom stereocenters. The molecule has 0 bridgehead atoms. The molecule has 0 spiro atoms. The Kier molecular flexibility index (Phi) is 6.70. The number of thiazole rings is 1. The molecule has 0 aliphatic heterocycles. The minimum Gasteiger partial charge on any atom is -0.494 e. The molecule has 1 aliphatic carbocycles. The molecular formula is C22H20B3N5O3S. The number of hydrogen-bond donors (Lipinski definition) is 3. The van der Waals surface area contributed by atoms with Crippen molar-refractivity contribution >= 4 is 63.9 Å². The second-order valence-corrected chi connectivity index (χ2v) is 9.09. The predicted octanol–water partition coefficient (Wildman–Crippen LogP) is 2.46. The van der Waals surface area contributed by atoms with Crippen molar-refractivity contribution in [3.63, 3.8) is 0 Å². The summed E-state index contributed by atoms with van der Waals surface area (Å²) in [6.45, 7) is 1.93. The first-order valence-electron chi connectivity index (χ1n) is 10.5. The van der Waals surface area contributed by atoms with E-state index in [1.54, 1.807) is 19.2 Å². The SMILES string of the molecule is [B]C([B])([B])NC(=O)c1cnc(NC(=O)C2CC2)cc1Nc1cccc(-c2csc(C)n2)c1OC. The van der Waals surface area contributed by atoms with Gasteiger partial charge in [0.2, 0.25) is 5.91 Å². The highest BCUT2D eigenvalue weighted by Crippen LogP contribution is 2.39. The van der Waals surface area contributed by atoms with E-state index in [2.05, 4.69) is 25.9 Å². The Morgan fingerprint density at radius 1 is 1.21 bits per heavy atom. The summed E-state index contributed by atoms with van der Waals surface area (Å²) in [6.07, 6.45) is 3.01. The van der Waals surface area contributed by atoms with E-state index >= 15 is 0 Å². The van der Waals surface area contributed by atoms with Crippen LogP contribution >= 0.6 is 11.3 Å². The van der Waals surface area contributed by atoms with Gasteiger partial charge >= 0.3 is 0 Å². The van der Waals surface area contributed by atoms with Gasteiger partial charge in [-0.15, -0.1) is 11.3 Å². The number of rotatable bonds is 8. The highest BCUT2D eigenvalue weighted by Gasteiger charge is 2.30. The number of hydrogen-bond acceptors (Lipinski definition) is 7. The van der Waals surface area contributed by atoms with E-state index in [9.17, 15) is 9.59 Å². The maximum absolute atomic E-state index is 12.8. The van der Waals surface area contributed by atoms with Gasteiger partial charge in [-0.2, -0.15) is 0 Å². The molecule has 1 aromatic carbocycles. The number of aromatic nitrogens is 2. The number of nitrogens with zero attached hydrogens (tertiary/aromatic N) is 2. The Morgan fingerprint density at radius 2 is 1.97 bits per heavy atom. The van der Waals surface area contributed by atoms with Crippen LogP contribution in [-0.2, 0) is 4.79 Å². The van der Waals surface area contributed by atoms with Crippen LogP contribution in [0.5, 0.6) is 5.75 Å². The number of pyridine rings is 1. The predicted molar refractivity (Wildman–Crippen MR) is 135 cm³/mol. The Hall–Kier alpha value is -3.27. The van der Waals surface area contributed by atoms with Gasteiger partial charge in [-0.25, -0.2) is 9.97 Å². The molecule has 166 valence electrons. The minimum atomic E-state index is -1.92. The van der Waals surface area contributed by atoms with Gasteiger partial charge in [-0.3, -0.25) is 9.59 Å². The van der Waals surface area contributed by atoms with Crippen LogP contribution in [-0.4, -0.2) is 57.7 Å². The molecule has 3 aromatic rings. The molecule has 1 aliphatic rings. The molecule has 12 heteroatoms. The number of ether oxygens (including phenoxy) is 1. The number of amides is 2. The fourth-order valence-corrected chi connectivity index (χ4v) is 3.95. The summed E-state index contributed by atoms with van der Waals surface area (Å²) in [5, 5.41) is 9.24. The zero-order valence-corrected chi connectivity index (χ0v) is 19.5. The first-order chi connectivity index (χ1) is 16.1. The number of nitrogens with one attached hydrogen (secondary N) is 3. The smallest absolute Gasteiger partial charge is 0.253 e. The maximum atomic E-state index is 12.8. The van der Waals surface area contributed by atoms with E-state index in [1.807, 2.05) is 24.4 Å². The van der Waals surface area contributed by atoms with E-state index in [0.29, 0.717) is 22.9 Å². The average molecular weight is 467 g/mol. The monoisotopic (exact) mass is 467 g/mol. The fraction of sp³-hybridized carbons (Fsp3) is 0.273. The Labute approximate surface area is 205 Å². The van der Waals surface area contributed by atoms with Crippen molar-refractivity contribution < 1.29 is 14.3 Å². The van der Waals surface area contributed by atoms with Gasteiger partial charge in [-0.05, 0) is 31.9 Å². The molecule has 3 N–H and O–H groups in total. The van der Waals surface area contributed by atoms with Crippen LogP contribution in [0.2, 0.25) is 0 Å². The molecule has 34 heavy (non-hydrogen) atoms. The van der Waals surface area contributed by atoms with Gasteiger partial charge < -0.3 is 20.7 Å². The lowest BCUT2D eigenvalue weighted by Crippen LogP contribution is -2.50. The molecule has 6 radical (unpaired) electrons. The average Bonchev–Trinajstić information content (AvgIpc) is 3.53. The van der Waals surface area contributed by atoms with E-state index < -0.39 is 11.1 Å². The number of aryl methyl sites for hydroxylation is 1. The molecule has 0 saturated heterocycles. The minimum absolute atomic E-state index is 0.00753. The van der Waals surface area contributed by atoms with E-state index in [4.69, 9.17) is 28.3 Å². The highest BCUT2D eigenvalue weighted by atomic mass is 32.1. The highest BCUT2D eigenvalue weighted by molar-refractivity contribution is 7.09. The third-order valence-corrected chi connectivity index (χ3v) is 5.84. The van der Waals surface area contributed by atoms with E-state index in [-0.39, 0.29) is 17.4 Å². The molecule has 2 heterocycles. The first kappa shape index (κ1) is 23.9. The van der Waals surface area contributed by atoms with Gasteiger partial charge in [0.15, 0.2) is 5.75 Å². The van der Waals surface area contributed by atoms with Gasteiger partial charge in [0.1, 0.15) is 5.82 Å². The maximum Gasteiger partial charge on any atom is 0.253 e. The number of carbonyl (C=O) groups excluding carboxylic acids is 2. The van der Waals surface area contributed by atoms with Crippen molar-refractivity contribution in [1.29, 1.82) is 0 Å². The summed E-state index contributed by atoms with van der Waals surface area (Å²) < 4.78 is 5.68.